The summed E-state index contributed by atoms with van der Waals surface area (Å²) in [5, 5.41) is 6.47. The van der Waals surface area contributed by atoms with Gasteiger partial charge in [-0.05, 0) is 75.2 Å². The summed E-state index contributed by atoms with van der Waals surface area (Å²) in [7, 11) is -3.73. The summed E-state index contributed by atoms with van der Waals surface area (Å²) in [6, 6.07) is 11.3. The van der Waals surface area contributed by atoms with E-state index in [2.05, 4.69) is 15.2 Å². The monoisotopic (exact) mass is 399 g/mol. The van der Waals surface area contributed by atoms with Crippen molar-refractivity contribution in [2.45, 2.75) is 32.6 Å². The first-order valence-electron chi connectivity index (χ1n) is 8.62. The molecule has 0 aliphatic carbocycles. The number of amides is 1. The molecular weight excluding hydrogens is 378 g/mol. The normalized spacial score (nSPS) is 11.3. The number of carbonyl (C=O) groups excluding carboxylic acids is 1. The molecule has 1 amide bonds. The fraction of sp³-hybridized carbons (Fsp3) is 0.200. The van der Waals surface area contributed by atoms with Crippen LogP contribution in [0, 0.1) is 27.7 Å². The number of nitrogens with zero attached hydrogens (tertiary/aromatic N) is 1. The van der Waals surface area contributed by atoms with E-state index in [-0.39, 0.29) is 10.8 Å². The smallest absolute Gasteiger partial charge is 0.261 e. The molecule has 0 unspecified atom stereocenters. The molecule has 2 N–H and O–H groups in total. The average Bonchev–Trinajstić information content (AvgIpc) is 2.97. The van der Waals surface area contributed by atoms with Crippen molar-refractivity contribution in [1.29, 1.82) is 0 Å². The molecule has 8 heteroatoms. The maximum atomic E-state index is 12.6. The number of aryl methyl sites for hydroxylation is 4. The number of rotatable bonds is 5. The minimum atomic E-state index is -3.73. The van der Waals surface area contributed by atoms with Crippen LogP contribution in [-0.2, 0) is 10.0 Å². The molecule has 1 heterocycles. The number of aromatic nitrogens is 1. The Balaban J connectivity index is 1.76. The molecule has 0 aliphatic heterocycles. The molecule has 2 aromatic carbocycles. The predicted octanol–water partition coefficient (Wildman–Crippen LogP) is 3.96. The number of hydrogen-bond acceptors (Lipinski definition) is 5. The molecule has 28 heavy (non-hydrogen) atoms. The van der Waals surface area contributed by atoms with E-state index < -0.39 is 10.0 Å². The maximum Gasteiger partial charge on any atom is 0.261 e. The molecule has 0 fully saturated rings. The highest BCUT2D eigenvalue weighted by Crippen LogP contribution is 2.21. The van der Waals surface area contributed by atoms with Crippen molar-refractivity contribution in [2.24, 2.45) is 0 Å². The highest BCUT2D eigenvalue weighted by molar-refractivity contribution is 7.92. The van der Waals surface area contributed by atoms with E-state index in [9.17, 15) is 13.2 Å². The first kappa shape index (κ1) is 19.6. The van der Waals surface area contributed by atoms with E-state index in [0.29, 0.717) is 28.4 Å². The Morgan fingerprint density at radius 1 is 0.929 bits per heavy atom. The third-order valence-corrected chi connectivity index (χ3v) is 5.84. The third-order valence-electron chi connectivity index (χ3n) is 4.44. The predicted molar refractivity (Wildman–Crippen MR) is 107 cm³/mol. The zero-order valence-corrected chi connectivity index (χ0v) is 16.8. The quantitative estimate of drug-likeness (QED) is 0.676. The van der Waals surface area contributed by atoms with E-state index >= 15 is 0 Å². The molecule has 0 spiro atoms. The van der Waals surface area contributed by atoms with Gasteiger partial charge in [-0.3, -0.25) is 9.52 Å². The number of carbonyl (C=O) groups is 1. The van der Waals surface area contributed by atoms with Crippen LogP contribution in [-0.4, -0.2) is 19.5 Å². The Morgan fingerprint density at radius 2 is 1.57 bits per heavy atom. The van der Waals surface area contributed by atoms with E-state index in [1.54, 1.807) is 26.0 Å². The number of benzene rings is 2. The van der Waals surface area contributed by atoms with Gasteiger partial charge in [0.2, 0.25) is 0 Å². The summed E-state index contributed by atoms with van der Waals surface area (Å²) >= 11 is 0. The highest BCUT2D eigenvalue weighted by atomic mass is 32.2. The SMILES string of the molecule is Cc1ccc(NS(=O)(=O)c2ccc(NC(=O)c3c(C)noc3C)cc2)cc1C. The molecular formula is C20H21N3O4S. The standard InChI is InChI=1S/C20H21N3O4S/c1-12-5-6-17(11-13(12)2)23-28(25,26)18-9-7-16(8-10-18)21-20(24)19-14(3)22-27-15(19)4/h5-11,23H,1-4H3,(H,21,24). The number of anilines is 2. The van der Waals surface area contributed by atoms with Gasteiger partial charge in [-0.15, -0.1) is 0 Å². The van der Waals surface area contributed by atoms with Crippen LogP contribution in [0.15, 0.2) is 51.9 Å². The van der Waals surface area contributed by atoms with Gasteiger partial charge in [-0.25, -0.2) is 8.42 Å². The van der Waals surface area contributed by atoms with Gasteiger partial charge in [0.25, 0.3) is 15.9 Å². The molecule has 7 nitrogen and oxygen atoms in total. The Bertz CT molecular complexity index is 1110. The van der Waals surface area contributed by atoms with Gasteiger partial charge in [0.05, 0.1) is 10.6 Å². The zero-order valence-electron chi connectivity index (χ0n) is 16.0. The number of sulfonamides is 1. The highest BCUT2D eigenvalue weighted by Gasteiger charge is 2.18. The summed E-state index contributed by atoms with van der Waals surface area (Å²) in [5.74, 6) is 0.0619. The molecule has 146 valence electrons. The Morgan fingerprint density at radius 3 is 2.14 bits per heavy atom. The van der Waals surface area contributed by atoms with Crippen LogP contribution in [0.3, 0.4) is 0 Å². The van der Waals surface area contributed by atoms with Crippen LogP contribution < -0.4 is 10.0 Å². The summed E-state index contributed by atoms with van der Waals surface area (Å²) in [4.78, 5) is 12.5. The Labute approximate surface area is 163 Å². The van der Waals surface area contributed by atoms with Crippen molar-refractivity contribution in [2.75, 3.05) is 10.0 Å². The minimum Gasteiger partial charge on any atom is -0.361 e. The van der Waals surface area contributed by atoms with Crippen molar-refractivity contribution >= 4 is 27.3 Å². The van der Waals surface area contributed by atoms with Gasteiger partial charge in [0, 0.05) is 11.4 Å². The summed E-state index contributed by atoms with van der Waals surface area (Å²) < 4.78 is 32.7. The topological polar surface area (TPSA) is 101 Å². The third kappa shape index (κ3) is 4.07. The van der Waals surface area contributed by atoms with Crippen molar-refractivity contribution in [3.05, 3.63) is 70.6 Å². The van der Waals surface area contributed by atoms with Crippen molar-refractivity contribution in [3.8, 4) is 0 Å². The van der Waals surface area contributed by atoms with Crippen molar-refractivity contribution in [3.63, 3.8) is 0 Å². The van der Waals surface area contributed by atoms with Crippen LogP contribution in [0.2, 0.25) is 0 Å². The van der Waals surface area contributed by atoms with E-state index in [1.807, 2.05) is 19.9 Å². The van der Waals surface area contributed by atoms with Gasteiger partial charge < -0.3 is 9.84 Å². The van der Waals surface area contributed by atoms with Crippen LogP contribution in [0.4, 0.5) is 11.4 Å². The lowest BCUT2D eigenvalue weighted by atomic mass is 10.1. The summed E-state index contributed by atoms with van der Waals surface area (Å²) in [6.45, 7) is 7.22. The van der Waals surface area contributed by atoms with Crippen molar-refractivity contribution in [1.82, 2.24) is 5.16 Å². The second-order valence-electron chi connectivity index (χ2n) is 6.58. The molecule has 3 rings (SSSR count). The number of hydrogen-bond donors (Lipinski definition) is 2. The molecule has 0 saturated carbocycles. The minimum absolute atomic E-state index is 0.0982. The van der Waals surface area contributed by atoms with E-state index in [4.69, 9.17) is 4.52 Å². The van der Waals surface area contributed by atoms with Crippen LogP contribution in [0.5, 0.6) is 0 Å². The zero-order chi connectivity index (χ0) is 20.5. The largest absolute Gasteiger partial charge is 0.361 e. The Kier molecular flexibility index (Phi) is 5.24. The van der Waals surface area contributed by atoms with E-state index in [0.717, 1.165) is 11.1 Å². The lowest BCUT2D eigenvalue weighted by molar-refractivity contribution is 0.102. The molecule has 0 atom stereocenters. The second-order valence-corrected chi connectivity index (χ2v) is 8.26. The molecule has 0 saturated heterocycles. The first-order chi connectivity index (χ1) is 13.2. The lowest BCUT2D eigenvalue weighted by Crippen LogP contribution is -2.15. The molecule has 0 radical (unpaired) electrons. The van der Waals surface area contributed by atoms with E-state index in [1.165, 1.54) is 24.3 Å². The average molecular weight is 399 g/mol. The van der Waals surface area contributed by atoms with Gasteiger partial charge in [-0.1, -0.05) is 11.2 Å². The molecule has 3 aromatic rings. The molecule has 0 bridgehead atoms. The van der Waals surface area contributed by atoms with Gasteiger partial charge in [0.1, 0.15) is 11.3 Å². The fourth-order valence-corrected chi connectivity index (χ4v) is 3.79. The first-order valence-corrected chi connectivity index (χ1v) is 10.1. The Hall–Kier alpha value is -3.13. The van der Waals surface area contributed by atoms with Crippen LogP contribution >= 0.6 is 0 Å². The number of nitrogens with one attached hydrogen (secondary N) is 2. The van der Waals surface area contributed by atoms with Gasteiger partial charge in [-0.2, -0.15) is 0 Å². The van der Waals surface area contributed by atoms with Crippen molar-refractivity contribution < 1.29 is 17.7 Å². The lowest BCUT2D eigenvalue weighted by Gasteiger charge is -2.11. The van der Waals surface area contributed by atoms with Crippen LogP contribution in [0.1, 0.15) is 32.9 Å². The molecule has 1 aromatic heterocycles. The molecule has 0 aliphatic rings. The van der Waals surface area contributed by atoms with Gasteiger partial charge in [0.15, 0.2) is 0 Å². The fourth-order valence-electron chi connectivity index (χ4n) is 2.74. The summed E-state index contributed by atoms with van der Waals surface area (Å²) in [5.41, 5.74) is 3.91. The maximum absolute atomic E-state index is 12.6. The van der Waals surface area contributed by atoms with Gasteiger partial charge >= 0.3 is 0 Å². The second kappa shape index (κ2) is 7.47. The van der Waals surface area contributed by atoms with Crippen LogP contribution in [0.25, 0.3) is 0 Å². The summed E-state index contributed by atoms with van der Waals surface area (Å²) in [6.07, 6.45) is 0.